The van der Waals surface area contributed by atoms with Crippen molar-refractivity contribution in [1.82, 2.24) is 10.2 Å². The number of para-hydroxylation sites is 1. The minimum Gasteiger partial charge on any atom is -0.488 e. The second kappa shape index (κ2) is 7.88. The maximum absolute atomic E-state index is 12.1. The van der Waals surface area contributed by atoms with Crippen molar-refractivity contribution in [2.24, 2.45) is 0 Å². The van der Waals surface area contributed by atoms with Crippen LogP contribution in [0, 0.1) is 0 Å². The highest BCUT2D eigenvalue weighted by Gasteiger charge is 2.23. The molecule has 1 atom stereocenters. The second-order valence-electron chi connectivity index (χ2n) is 5.30. The maximum Gasteiger partial charge on any atom is 0.317 e. The molecule has 1 aliphatic heterocycles. The highest BCUT2D eigenvalue weighted by atomic mass is 16.5. The number of rotatable bonds is 7. The molecule has 0 bridgehead atoms. The molecule has 1 unspecified atom stereocenters. The smallest absolute Gasteiger partial charge is 0.317 e. The van der Waals surface area contributed by atoms with Gasteiger partial charge in [-0.05, 0) is 18.1 Å². The topological polar surface area (TPSA) is 61.8 Å². The van der Waals surface area contributed by atoms with Crippen molar-refractivity contribution >= 4 is 6.03 Å². The first kappa shape index (κ1) is 15.6. The van der Waals surface area contributed by atoms with Crippen LogP contribution in [0.4, 0.5) is 4.79 Å². The molecule has 0 spiro atoms. The van der Waals surface area contributed by atoms with Crippen LogP contribution in [0.15, 0.2) is 24.3 Å². The fourth-order valence-electron chi connectivity index (χ4n) is 2.47. The van der Waals surface area contributed by atoms with Gasteiger partial charge in [0.2, 0.25) is 0 Å². The molecule has 0 aromatic heterocycles. The Morgan fingerprint density at radius 2 is 2.24 bits per heavy atom. The molecule has 1 aromatic rings. The number of nitrogens with zero attached hydrogens (tertiary/aromatic N) is 1. The van der Waals surface area contributed by atoms with Gasteiger partial charge in [-0.25, -0.2) is 4.79 Å². The van der Waals surface area contributed by atoms with E-state index in [2.05, 4.69) is 18.3 Å². The van der Waals surface area contributed by atoms with E-state index in [0.717, 1.165) is 25.0 Å². The molecule has 2 rings (SSSR count). The number of benzene rings is 1. The summed E-state index contributed by atoms with van der Waals surface area (Å²) in [5, 5.41) is 11.9. The van der Waals surface area contributed by atoms with Crippen molar-refractivity contribution in [3.63, 3.8) is 0 Å². The lowest BCUT2D eigenvalue weighted by Gasteiger charge is -2.23. The Morgan fingerprint density at radius 1 is 1.43 bits per heavy atom. The van der Waals surface area contributed by atoms with Crippen molar-refractivity contribution in [2.45, 2.75) is 32.3 Å². The molecular weight excluding hydrogens is 268 g/mol. The van der Waals surface area contributed by atoms with E-state index >= 15 is 0 Å². The largest absolute Gasteiger partial charge is 0.488 e. The molecule has 1 aromatic carbocycles. The molecule has 1 heterocycles. The van der Waals surface area contributed by atoms with Crippen LogP contribution < -0.4 is 10.1 Å². The molecule has 0 aliphatic carbocycles. The van der Waals surface area contributed by atoms with E-state index < -0.39 is 0 Å². The fourth-order valence-corrected chi connectivity index (χ4v) is 2.47. The van der Waals surface area contributed by atoms with Crippen LogP contribution >= 0.6 is 0 Å². The molecule has 0 saturated heterocycles. The van der Waals surface area contributed by atoms with E-state index in [1.54, 1.807) is 4.90 Å². The number of aliphatic hydroxyl groups is 1. The Bertz CT molecular complexity index is 440. The number of unbranched alkanes of at least 4 members (excludes halogenated alkanes) is 1. The molecule has 21 heavy (non-hydrogen) atoms. The number of hydrogen-bond donors (Lipinski definition) is 2. The molecule has 2 N–H and O–H groups in total. The number of hydrogen-bond acceptors (Lipinski definition) is 3. The van der Waals surface area contributed by atoms with Gasteiger partial charge in [-0.1, -0.05) is 31.5 Å². The summed E-state index contributed by atoms with van der Waals surface area (Å²) in [7, 11) is 0. The van der Waals surface area contributed by atoms with E-state index in [4.69, 9.17) is 9.84 Å². The predicted molar refractivity (Wildman–Crippen MR) is 81.5 cm³/mol. The third-order valence-electron chi connectivity index (χ3n) is 3.63. The summed E-state index contributed by atoms with van der Waals surface area (Å²) in [5.41, 5.74) is 1.19. The third-order valence-corrected chi connectivity index (χ3v) is 3.63. The van der Waals surface area contributed by atoms with Gasteiger partial charge in [0.25, 0.3) is 0 Å². The molecular formula is C16H24N2O3. The summed E-state index contributed by atoms with van der Waals surface area (Å²) in [6.45, 7) is 3.61. The van der Waals surface area contributed by atoms with Gasteiger partial charge in [0.1, 0.15) is 11.9 Å². The monoisotopic (exact) mass is 292 g/mol. The Morgan fingerprint density at radius 3 is 2.95 bits per heavy atom. The average Bonchev–Trinajstić information content (AvgIpc) is 2.92. The lowest BCUT2D eigenvalue weighted by atomic mass is 10.1. The van der Waals surface area contributed by atoms with Crippen molar-refractivity contribution < 1.29 is 14.6 Å². The number of carbonyl (C=O) groups is 1. The van der Waals surface area contributed by atoms with Crippen LogP contribution in [0.3, 0.4) is 0 Å². The van der Waals surface area contributed by atoms with E-state index in [1.165, 1.54) is 5.56 Å². The highest BCUT2D eigenvalue weighted by Crippen LogP contribution is 2.27. The van der Waals surface area contributed by atoms with E-state index in [-0.39, 0.29) is 18.7 Å². The SMILES string of the molecule is CCCCN(CCO)C(=O)NCC1Cc2ccccc2O1. The molecule has 0 fully saturated rings. The maximum atomic E-state index is 12.1. The van der Waals surface area contributed by atoms with Crippen LogP contribution in [0.2, 0.25) is 0 Å². The molecule has 0 saturated carbocycles. The molecule has 5 heteroatoms. The first-order chi connectivity index (χ1) is 10.2. The zero-order valence-corrected chi connectivity index (χ0v) is 12.5. The number of amides is 2. The normalized spacial score (nSPS) is 16.2. The second-order valence-corrected chi connectivity index (χ2v) is 5.30. The molecule has 116 valence electrons. The minimum atomic E-state index is -0.128. The third kappa shape index (κ3) is 4.36. The molecule has 2 amide bonds. The van der Waals surface area contributed by atoms with E-state index in [9.17, 15) is 4.79 Å². The Labute approximate surface area is 125 Å². The number of ether oxygens (including phenoxy) is 1. The van der Waals surface area contributed by atoms with Gasteiger partial charge < -0.3 is 20.1 Å². The summed E-state index contributed by atoms with van der Waals surface area (Å²) in [4.78, 5) is 13.8. The first-order valence-electron chi connectivity index (χ1n) is 7.62. The summed E-state index contributed by atoms with van der Waals surface area (Å²) >= 11 is 0. The van der Waals surface area contributed by atoms with Crippen molar-refractivity contribution in [3.8, 4) is 5.75 Å². The average molecular weight is 292 g/mol. The van der Waals surface area contributed by atoms with Crippen molar-refractivity contribution in [1.29, 1.82) is 0 Å². The molecule has 1 aliphatic rings. The molecule has 5 nitrogen and oxygen atoms in total. The predicted octanol–water partition coefficient (Wildman–Crippen LogP) is 1.79. The number of nitrogens with one attached hydrogen (secondary N) is 1. The van der Waals surface area contributed by atoms with Crippen LogP contribution in [0.5, 0.6) is 5.75 Å². The van der Waals surface area contributed by atoms with Crippen molar-refractivity contribution in [2.75, 3.05) is 26.2 Å². The lowest BCUT2D eigenvalue weighted by Crippen LogP contribution is -2.45. The zero-order valence-electron chi connectivity index (χ0n) is 12.5. The summed E-state index contributed by atoms with van der Waals surface area (Å²) in [6.07, 6.45) is 2.79. The summed E-state index contributed by atoms with van der Waals surface area (Å²) in [6, 6.07) is 7.83. The van der Waals surface area contributed by atoms with Crippen LogP contribution in [0.1, 0.15) is 25.3 Å². The van der Waals surface area contributed by atoms with Crippen LogP contribution in [-0.4, -0.2) is 48.4 Å². The zero-order chi connectivity index (χ0) is 15.1. The highest BCUT2D eigenvalue weighted by molar-refractivity contribution is 5.74. The number of fused-ring (bicyclic) bond motifs is 1. The number of carbonyl (C=O) groups excluding carboxylic acids is 1. The fraction of sp³-hybridized carbons (Fsp3) is 0.562. The van der Waals surface area contributed by atoms with Crippen LogP contribution in [0.25, 0.3) is 0 Å². The minimum absolute atomic E-state index is 0.00602. The number of aliphatic hydroxyl groups excluding tert-OH is 1. The van der Waals surface area contributed by atoms with Gasteiger partial charge >= 0.3 is 6.03 Å². The van der Waals surface area contributed by atoms with Gasteiger partial charge in [-0.3, -0.25) is 0 Å². The van der Waals surface area contributed by atoms with Gasteiger partial charge in [0, 0.05) is 19.5 Å². The van der Waals surface area contributed by atoms with Crippen LogP contribution in [-0.2, 0) is 6.42 Å². The first-order valence-corrected chi connectivity index (χ1v) is 7.62. The van der Waals surface area contributed by atoms with Gasteiger partial charge in [-0.2, -0.15) is 0 Å². The summed E-state index contributed by atoms with van der Waals surface area (Å²) in [5.74, 6) is 0.912. The Hall–Kier alpha value is -1.75. The van der Waals surface area contributed by atoms with Gasteiger partial charge in [0.15, 0.2) is 0 Å². The lowest BCUT2D eigenvalue weighted by molar-refractivity contribution is 0.168. The summed E-state index contributed by atoms with van der Waals surface area (Å²) < 4.78 is 5.80. The number of urea groups is 1. The standard InChI is InChI=1S/C16H24N2O3/c1-2-3-8-18(9-10-19)16(20)17-12-14-11-13-6-4-5-7-15(13)21-14/h4-7,14,19H,2-3,8-12H2,1H3,(H,17,20). The van der Waals surface area contributed by atoms with Gasteiger partial charge in [-0.15, -0.1) is 0 Å². The quantitative estimate of drug-likeness (QED) is 0.805. The van der Waals surface area contributed by atoms with Gasteiger partial charge in [0.05, 0.1) is 13.2 Å². The Balaban J connectivity index is 1.78. The van der Waals surface area contributed by atoms with E-state index in [1.807, 2.05) is 18.2 Å². The van der Waals surface area contributed by atoms with E-state index in [0.29, 0.717) is 19.6 Å². The molecule has 0 radical (unpaired) electrons. The van der Waals surface area contributed by atoms with Crippen molar-refractivity contribution in [3.05, 3.63) is 29.8 Å². The Kier molecular flexibility index (Phi) is 5.87.